The fourth-order valence-electron chi connectivity index (χ4n) is 1.64. The van der Waals surface area contributed by atoms with E-state index in [-0.39, 0.29) is 16.0 Å². The van der Waals surface area contributed by atoms with Gasteiger partial charge in [-0.3, -0.25) is 0 Å². The number of hydrogen-bond acceptors (Lipinski definition) is 2. The van der Waals surface area contributed by atoms with E-state index in [4.69, 9.17) is 0 Å². The average Bonchev–Trinajstić information content (AvgIpc) is 2.25. The standard InChI is InChI=1S/C12H8F4N2S/c1-6-2-7(4-8(13)3-6)9-5-10(12(14,15)16)18-11(19)17-9/h2-5H,1H3,(H,17,18,19). The third-order valence-corrected chi connectivity index (χ3v) is 2.58. The van der Waals surface area contributed by atoms with Crippen LogP contribution in [0.4, 0.5) is 17.6 Å². The van der Waals surface area contributed by atoms with Crippen LogP contribution in [0, 0.1) is 17.5 Å². The topological polar surface area (TPSA) is 28.7 Å². The molecule has 1 heterocycles. The van der Waals surface area contributed by atoms with Crippen LogP contribution in [-0.4, -0.2) is 9.97 Å². The molecule has 100 valence electrons. The van der Waals surface area contributed by atoms with Crippen molar-refractivity contribution in [2.24, 2.45) is 0 Å². The summed E-state index contributed by atoms with van der Waals surface area (Å²) in [4.78, 5) is 5.76. The zero-order chi connectivity index (χ0) is 14.2. The lowest BCUT2D eigenvalue weighted by molar-refractivity contribution is -0.141. The Morgan fingerprint density at radius 3 is 2.42 bits per heavy atom. The third-order valence-electron chi connectivity index (χ3n) is 2.39. The fourth-order valence-corrected chi connectivity index (χ4v) is 1.85. The maximum absolute atomic E-state index is 13.3. The van der Waals surface area contributed by atoms with E-state index in [0.29, 0.717) is 5.56 Å². The molecule has 0 unspecified atom stereocenters. The number of aromatic nitrogens is 2. The molecule has 0 atom stereocenters. The Morgan fingerprint density at radius 1 is 1.16 bits per heavy atom. The van der Waals surface area contributed by atoms with E-state index in [1.807, 2.05) is 4.98 Å². The Morgan fingerprint density at radius 2 is 1.84 bits per heavy atom. The third kappa shape index (κ3) is 3.17. The van der Waals surface area contributed by atoms with Crippen molar-refractivity contribution in [2.45, 2.75) is 13.1 Å². The molecule has 2 aromatic rings. The van der Waals surface area contributed by atoms with Crippen LogP contribution in [0.5, 0.6) is 0 Å². The molecule has 2 nitrogen and oxygen atoms in total. The largest absolute Gasteiger partial charge is 0.431 e. The van der Waals surface area contributed by atoms with Crippen LogP contribution in [0.2, 0.25) is 0 Å². The quantitative estimate of drug-likeness (QED) is 0.627. The Labute approximate surface area is 111 Å². The maximum atomic E-state index is 13.3. The molecule has 0 amide bonds. The van der Waals surface area contributed by atoms with E-state index < -0.39 is 17.7 Å². The molecule has 0 bridgehead atoms. The second-order valence-corrected chi connectivity index (χ2v) is 4.39. The van der Waals surface area contributed by atoms with E-state index >= 15 is 0 Å². The van der Waals surface area contributed by atoms with Crippen LogP contribution >= 0.6 is 12.2 Å². The van der Waals surface area contributed by atoms with Gasteiger partial charge in [0, 0.05) is 5.56 Å². The number of halogens is 4. The Bertz CT molecular complexity index is 656. The number of rotatable bonds is 1. The minimum Gasteiger partial charge on any atom is -0.327 e. The van der Waals surface area contributed by atoms with Gasteiger partial charge in [-0.05, 0) is 49.0 Å². The van der Waals surface area contributed by atoms with Crippen molar-refractivity contribution in [3.8, 4) is 11.3 Å². The van der Waals surface area contributed by atoms with Gasteiger partial charge in [0.05, 0.1) is 5.69 Å². The zero-order valence-electron chi connectivity index (χ0n) is 9.68. The lowest BCUT2D eigenvalue weighted by atomic mass is 10.1. The van der Waals surface area contributed by atoms with Gasteiger partial charge in [0.25, 0.3) is 0 Å². The predicted octanol–water partition coefficient (Wildman–Crippen LogP) is 4.27. The normalized spacial score (nSPS) is 11.6. The van der Waals surface area contributed by atoms with Gasteiger partial charge < -0.3 is 4.98 Å². The van der Waals surface area contributed by atoms with Crippen LogP contribution in [-0.2, 0) is 6.18 Å². The zero-order valence-corrected chi connectivity index (χ0v) is 10.5. The van der Waals surface area contributed by atoms with Crippen molar-refractivity contribution < 1.29 is 17.6 Å². The van der Waals surface area contributed by atoms with E-state index in [1.165, 1.54) is 6.07 Å². The molecule has 2 rings (SSSR count). The van der Waals surface area contributed by atoms with Crippen LogP contribution < -0.4 is 0 Å². The minimum atomic E-state index is -4.56. The molecule has 0 aliphatic rings. The Hall–Kier alpha value is -1.76. The highest BCUT2D eigenvalue weighted by Crippen LogP contribution is 2.30. The summed E-state index contributed by atoms with van der Waals surface area (Å²) in [6, 6.07) is 4.74. The lowest BCUT2D eigenvalue weighted by Gasteiger charge is -2.09. The van der Waals surface area contributed by atoms with Crippen molar-refractivity contribution in [2.75, 3.05) is 0 Å². The summed E-state index contributed by atoms with van der Waals surface area (Å²) in [5, 5.41) is 0. The molecule has 1 N–H and O–H groups in total. The molecule has 0 aliphatic heterocycles. The SMILES string of the molecule is Cc1cc(F)cc(-c2cc(C(F)(F)F)[nH]c(=S)n2)c1. The monoisotopic (exact) mass is 288 g/mol. The molecule has 0 saturated heterocycles. The van der Waals surface area contributed by atoms with Gasteiger partial charge in [-0.1, -0.05) is 0 Å². The summed E-state index contributed by atoms with van der Waals surface area (Å²) >= 11 is 4.66. The summed E-state index contributed by atoms with van der Waals surface area (Å²) in [5.41, 5.74) is -0.185. The van der Waals surface area contributed by atoms with E-state index in [9.17, 15) is 17.6 Å². The van der Waals surface area contributed by atoms with E-state index in [0.717, 1.165) is 12.1 Å². The second kappa shape index (κ2) is 4.73. The number of aryl methyl sites for hydroxylation is 1. The number of hydrogen-bond donors (Lipinski definition) is 1. The molecule has 0 fully saturated rings. The number of aromatic amines is 1. The molecule has 0 spiro atoms. The molecule has 1 aromatic heterocycles. The van der Waals surface area contributed by atoms with Crippen molar-refractivity contribution in [1.82, 2.24) is 9.97 Å². The summed E-state index contributed by atoms with van der Waals surface area (Å²) in [6.07, 6.45) is -4.56. The van der Waals surface area contributed by atoms with Crippen molar-refractivity contribution in [3.63, 3.8) is 0 Å². The first-order valence-corrected chi connectivity index (χ1v) is 5.62. The van der Waals surface area contributed by atoms with Gasteiger partial charge in [-0.25, -0.2) is 9.37 Å². The molecule has 0 radical (unpaired) electrons. The molecule has 19 heavy (non-hydrogen) atoms. The first kappa shape index (κ1) is 13.7. The van der Waals surface area contributed by atoms with Gasteiger partial charge in [-0.15, -0.1) is 0 Å². The van der Waals surface area contributed by atoms with Gasteiger partial charge in [0.2, 0.25) is 0 Å². The van der Waals surface area contributed by atoms with Gasteiger partial charge in [-0.2, -0.15) is 13.2 Å². The van der Waals surface area contributed by atoms with Gasteiger partial charge >= 0.3 is 6.18 Å². The number of nitrogens with one attached hydrogen (secondary N) is 1. The smallest absolute Gasteiger partial charge is 0.327 e. The molecule has 1 aromatic carbocycles. The summed E-state index contributed by atoms with van der Waals surface area (Å²) in [6.45, 7) is 1.64. The number of benzene rings is 1. The molecule has 7 heteroatoms. The van der Waals surface area contributed by atoms with Crippen LogP contribution in [0.1, 0.15) is 11.3 Å². The molecule has 0 saturated carbocycles. The number of alkyl halides is 3. The van der Waals surface area contributed by atoms with Crippen LogP contribution in [0.25, 0.3) is 11.3 Å². The second-order valence-electron chi connectivity index (χ2n) is 4.00. The van der Waals surface area contributed by atoms with Crippen LogP contribution in [0.3, 0.4) is 0 Å². The van der Waals surface area contributed by atoms with Crippen molar-refractivity contribution >= 4 is 12.2 Å². The maximum Gasteiger partial charge on any atom is 0.431 e. The Balaban J connectivity index is 2.63. The molecular formula is C12H8F4N2S. The summed E-state index contributed by atoms with van der Waals surface area (Å²) in [5.74, 6) is -0.538. The molecular weight excluding hydrogens is 280 g/mol. The summed E-state index contributed by atoms with van der Waals surface area (Å²) in [7, 11) is 0. The number of nitrogens with zero attached hydrogens (tertiary/aromatic N) is 1. The first-order valence-electron chi connectivity index (χ1n) is 5.22. The van der Waals surface area contributed by atoms with Gasteiger partial charge in [0.15, 0.2) is 4.77 Å². The highest BCUT2D eigenvalue weighted by atomic mass is 32.1. The average molecular weight is 288 g/mol. The lowest BCUT2D eigenvalue weighted by Crippen LogP contribution is -2.09. The van der Waals surface area contributed by atoms with Crippen LogP contribution in [0.15, 0.2) is 24.3 Å². The predicted molar refractivity (Wildman–Crippen MR) is 64.6 cm³/mol. The highest BCUT2D eigenvalue weighted by Gasteiger charge is 2.32. The molecule has 0 aliphatic carbocycles. The highest BCUT2D eigenvalue weighted by molar-refractivity contribution is 7.71. The fraction of sp³-hybridized carbons (Fsp3) is 0.167. The van der Waals surface area contributed by atoms with Gasteiger partial charge in [0.1, 0.15) is 11.5 Å². The number of H-pyrrole nitrogens is 1. The van der Waals surface area contributed by atoms with E-state index in [1.54, 1.807) is 13.0 Å². The van der Waals surface area contributed by atoms with E-state index in [2.05, 4.69) is 17.2 Å². The minimum absolute atomic E-state index is 0.0151. The summed E-state index contributed by atoms with van der Waals surface area (Å²) < 4.78 is 50.9. The Kier molecular flexibility index (Phi) is 3.40. The van der Waals surface area contributed by atoms with Crippen molar-refractivity contribution in [1.29, 1.82) is 0 Å². The van der Waals surface area contributed by atoms with Crippen molar-refractivity contribution in [3.05, 3.63) is 46.1 Å². The first-order chi connectivity index (χ1) is 8.75.